The number of fused-ring (bicyclic) bond motifs is 2. The summed E-state index contributed by atoms with van der Waals surface area (Å²) in [4.78, 5) is 14.4. The van der Waals surface area contributed by atoms with Crippen LogP contribution in [0.3, 0.4) is 0 Å². The monoisotopic (exact) mass is 263 g/mol. The van der Waals surface area contributed by atoms with Crippen LogP contribution in [-0.4, -0.2) is 21.0 Å². The van der Waals surface area contributed by atoms with Crippen LogP contribution in [-0.2, 0) is 13.1 Å². The SMILES string of the molecule is O=C(c1ccc2cn[nH]c2c1)N1Cc2ccccc2C1. The Balaban J connectivity index is 1.65. The van der Waals surface area contributed by atoms with Crippen LogP contribution in [0.4, 0.5) is 0 Å². The van der Waals surface area contributed by atoms with Gasteiger partial charge in [0.15, 0.2) is 0 Å². The maximum Gasteiger partial charge on any atom is 0.254 e. The third-order valence-electron chi connectivity index (χ3n) is 3.82. The normalized spacial score (nSPS) is 13.7. The van der Waals surface area contributed by atoms with E-state index in [1.807, 2.05) is 35.2 Å². The van der Waals surface area contributed by atoms with Gasteiger partial charge in [-0.15, -0.1) is 0 Å². The van der Waals surface area contributed by atoms with Gasteiger partial charge in [0.05, 0.1) is 11.7 Å². The molecule has 1 aliphatic rings. The Morgan fingerprint density at radius 2 is 1.85 bits per heavy atom. The maximum absolute atomic E-state index is 12.6. The Morgan fingerprint density at radius 3 is 2.60 bits per heavy atom. The maximum atomic E-state index is 12.6. The van der Waals surface area contributed by atoms with Crippen molar-refractivity contribution in [2.45, 2.75) is 13.1 Å². The van der Waals surface area contributed by atoms with Gasteiger partial charge in [-0.1, -0.05) is 30.3 Å². The molecule has 1 amide bonds. The van der Waals surface area contributed by atoms with Crippen LogP contribution >= 0.6 is 0 Å². The van der Waals surface area contributed by atoms with E-state index in [0.717, 1.165) is 10.9 Å². The first-order chi connectivity index (χ1) is 9.81. The molecule has 0 bridgehead atoms. The third-order valence-corrected chi connectivity index (χ3v) is 3.82. The van der Waals surface area contributed by atoms with Crippen molar-refractivity contribution >= 4 is 16.8 Å². The molecule has 0 radical (unpaired) electrons. The highest BCUT2D eigenvalue weighted by atomic mass is 16.2. The summed E-state index contributed by atoms with van der Waals surface area (Å²) >= 11 is 0. The largest absolute Gasteiger partial charge is 0.330 e. The third kappa shape index (κ3) is 1.69. The molecule has 0 saturated heterocycles. The fourth-order valence-corrected chi connectivity index (χ4v) is 2.73. The van der Waals surface area contributed by atoms with Crippen molar-refractivity contribution in [2.75, 3.05) is 0 Å². The van der Waals surface area contributed by atoms with Crippen molar-refractivity contribution in [3.8, 4) is 0 Å². The molecule has 4 rings (SSSR count). The summed E-state index contributed by atoms with van der Waals surface area (Å²) in [7, 11) is 0. The van der Waals surface area contributed by atoms with Crippen LogP contribution in [0.5, 0.6) is 0 Å². The van der Waals surface area contributed by atoms with Crippen molar-refractivity contribution < 1.29 is 4.79 Å². The minimum absolute atomic E-state index is 0.0673. The second kappa shape index (κ2) is 4.20. The van der Waals surface area contributed by atoms with E-state index in [-0.39, 0.29) is 5.91 Å². The highest BCUT2D eigenvalue weighted by Gasteiger charge is 2.23. The zero-order chi connectivity index (χ0) is 13.5. The molecule has 0 fully saturated rings. The molecule has 2 heterocycles. The Morgan fingerprint density at radius 1 is 1.10 bits per heavy atom. The average Bonchev–Trinajstić information content (AvgIpc) is 3.11. The fourth-order valence-electron chi connectivity index (χ4n) is 2.73. The number of amides is 1. The number of H-pyrrole nitrogens is 1. The van der Waals surface area contributed by atoms with Crippen LogP contribution in [0.2, 0.25) is 0 Å². The molecule has 1 aromatic heterocycles. The van der Waals surface area contributed by atoms with E-state index in [1.165, 1.54) is 11.1 Å². The van der Waals surface area contributed by atoms with Crippen molar-refractivity contribution in [1.29, 1.82) is 0 Å². The van der Waals surface area contributed by atoms with E-state index in [1.54, 1.807) is 6.20 Å². The number of hydrogen-bond donors (Lipinski definition) is 1. The summed E-state index contributed by atoms with van der Waals surface area (Å²) in [6.07, 6.45) is 1.76. The number of aromatic nitrogens is 2. The number of aromatic amines is 1. The summed E-state index contributed by atoms with van der Waals surface area (Å²) in [5.41, 5.74) is 4.08. The van der Waals surface area contributed by atoms with Gasteiger partial charge in [-0.3, -0.25) is 9.89 Å². The molecule has 1 N–H and O–H groups in total. The second-order valence-electron chi connectivity index (χ2n) is 5.10. The van der Waals surface area contributed by atoms with E-state index < -0.39 is 0 Å². The van der Waals surface area contributed by atoms with Gasteiger partial charge in [0.2, 0.25) is 0 Å². The van der Waals surface area contributed by atoms with Gasteiger partial charge < -0.3 is 4.90 Å². The van der Waals surface area contributed by atoms with E-state index in [9.17, 15) is 4.79 Å². The topological polar surface area (TPSA) is 49.0 Å². The Hall–Kier alpha value is -2.62. The molecule has 0 aliphatic carbocycles. The van der Waals surface area contributed by atoms with Crippen LogP contribution in [0.15, 0.2) is 48.7 Å². The predicted octanol–water partition coefficient (Wildman–Crippen LogP) is 2.72. The van der Waals surface area contributed by atoms with Crippen molar-refractivity contribution in [1.82, 2.24) is 15.1 Å². The highest BCUT2D eigenvalue weighted by molar-refractivity contribution is 5.97. The van der Waals surface area contributed by atoms with Gasteiger partial charge in [-0.05, 0) is 23.3 Å². The lowest BCUT2D eigenvalue weighted by Gasteiger charge is -2.15. The lowest BCUT2D eigenvalue weighted by Crippen LogP contribution is -2.25. The number of carbonyl (C=O) groups excluding carboxylic acids is 1. The lowest BCUT2D eigenvalue weighted by atomic mass is 10.1. The van der Waals surface area contributed by atoms with Crippen LogP contribution in [0.1, 0.15) is 21.5 Å². The highest BCUT2D eigenvalue weighted by Crippen LogP contribution is 2.24. The molecule has 0 spiro atoms. The average molecular weight is 263 g/mol. The number of nitrogens with zero attached hydrogens (tertiary/aromatic N) is 2. The van der Waals surface area contributed by atoms with Gasteiger partial charge >= 0.3 is 0 Å². The van der Waals surface area contributed by atoms with Crippen LogP contribution in [0.25, 0.3) is 10.9 Å². The smallest absolute Gasteiger partial charge is 0.254 e. The molecule has 0 unspecified atom stereocenters. The minimum Gasteiger partial charge on any atom is -0.330 e. The quantitative estimate of drug-likeness (QED) is 0.734. The zero-order valence-corrected chi connectivity index (χ0v) is 10.8. The summed E-state index contributed by atoms with van der Waals surface area (Å²) in [5, 5.41) is 7.90. The number of carbonyl (C=O) groups is 1. The molecule has 98 valence electrons. The summed E-state index contributed by atoms with van der Waals surface area (Å²) in [6, 6.07) is 13.9. The first-order valence-corrected chi connectivity index (χ1v) is 6.60. The number of hydrogen-bond acceptors (Lipinski definition) is 2. The van der Waals surface area contributed by atoms with Gasteiger partial charge in [0.1, 0.15) is 0 Å². The standard InChI is InChI=1S/C16H13N3O/c20-16(11-5-6-12-8-17-18-15(12)7-11)19-9-13-3-1-2-4-14(13)10-19/h1-8H,9-10H2,(H,17,18). The number of rotatable bonds is 1. The molecular weight excluding hydrogens is 250 g/mol. The van der Waals surface area contributed by atoms with Crippen molar-refractivity contribution in [3.05, 3.63) is 65.4 Å². The second-order valence-corrected chi connectivity index (χ2v) is 5.10. The van der Waals surface area contributed by atoms with Gasteiger partial charge in [-0.2, -0.15) is 5.10 Å². The first-order valence-electron chi connectivity index (χ1n) is 6.60. The predicted molar refractivity (Wildman–Crippen MR) is 76.1 cm³/mol. The first kappa shape index (κ1) is 11.2. The van der Waals surface area contributed by atoms with E-state index in [4.69, 9.17) is 0 Å². The Labute approximate surface area is 116 Å². The molecule has 2 aromatic carbocycles. The van der Waals surface area contributed by atoms with E-state index in [2.05, 4.69) is 22.3 Å². The molecule has 0 saturated carbocycles. The summed E-state index contributed by atoms with van der Waals surface area (Å²) < 4.78 is 0. The molecule has 4 heteroatoms. The van der Waals surface area contributed by atoms with E-state index >= 15 is 0 Å². The molecular formula is C16H13N3O. The van der Waals surface area contributed by atoms with Gasteiger partial charge in [-0.25, -0.2) is 0 Å². The fraction of sp³-hybridized carbons (Fsp3) is 0.125. The molecule has 1 aliphatic heterocycles. The van der Waals surface area contributed by atoms with Gasteiger partial charge in [0, 0.05) is 24.0 Å². The molecule has 20 heavy (non-hydrogen) atoms. The molecule has 4 nitrogen and oxygen atoms in total. The Bertz CT molecular complexity index is 781. The minimum atomic E-state index is 0.0673. The zero-order valence-electron chi connectivity index (χ0n) is 10.8. The van der Waals surface area contributed by atoms with E-state index in [0.29, 0.717) is 18.7 Å². The molecule has 0 atom stereocenters. The number of nitrogens with one attached hydrogen (secondary N) is 1. The number of benzene rings is 2. The summed E-state index contributed by atoms with van der Waals surface area (Å²) in [6.45, 7) is 1.38. The molecule has 3 aromatic rings. The Kier molecular flexibility index (Phi) is 2.36. The van der Waals surface area contributed by atoms with Crippen LogP contribution in [0, 0.1) is 0 Å². The van der Waals surface area contributed by atoms with Crippen molar-refractivity contribution in [2.24, 2.45) is 0 Å². The summed E-state index contributed by atoms with van der Waals surface area (Å²) in [5.74, 6) is 0.0673. The van der Waals surface area contributed by atoms with Gasteiger partial charge in [0.25, 0.3) is 5.91 Å². The van der Waals surface area contributed by atoms with Crippen molar-refractivity contribution in [3.63, 3.8) is 0 Å². The van der Waals surface area contributed by atoms with Crippen LogP contribution < -0.4 is 0 Å². The lowest BCUT2D eigenvalue weighted by molar-refractivity contribution is 0.0751.